The van der Waals surface area contributed by atoms with Crippen molar-refractivity contribution in [2.24, 2.45) is 0 Å². The first-order valence-corrected chi connectivity index (χ1v) is 4.22. The lowest BCUT2D eigenvalue weighted by atomic mass is 10.9. The van der Waals surface area contributed by atoms with Crippen molar-refractivity contribution in [2.75, 3.05) is 18.3 Å². The Morgan fingerprint density at radius 3 is 2.50 bits per heavy atom. The van der Waals surface area contributed by atoms with Gasteiger partial charge >= 0.3 is 0 Å². The molecule has 0 heterocycles. The third-order valence-corrected chi connectivity index (χ3v) is 1.81. The van der Waals surface area contributed by atoms with E-state index in [4.69, 9.17) is 4.74 Å². The van der Waals surface area contributed by atoms with Gasteiger partial charge in [-0.1, -0.05) is 6.92 Å². The van der Waals surface area contributed by atoms with E-state index in [9.17, 15) is 4.21 Å². The lowest BCUT2D eigenvalue weighted by molar-refractivity contribution is 0.196. The van der Waals surface area contributed by atoms with Crippen molar-refractivity contribution in [1.29, 1.82) is 0 Å². The predicted octanol–water partition coefficient (Wildman–Crippen LogP) is 0.749. The summed E-state index contributed by atoms with van der Waals surface area (Å²) < 4.78 is 15.4. The Morgan fingerprint density at radius 1 is 1.50 bits per heavy atom. The van der Waals surface area contributed by atoms with E-state index in [1.54, 1.807) is 0 Å². The summed E-state index contributed by atoms with van der Waals surface area (Å²) in [5.74, 6) is 1.09. The molecule has 0 aliphatic heterocycles. The largest absolute Gasteiger partial charge is 0.369 e. The minimum atomic E-state index is -0.749. The molecule has 0 N–H and O–H groups in total. The van der Waals surface area contributed by atoms with Gasteiger partial charge in [0.1, 0.15) is 5.94 Å². The van der Waals surface area contributed by atoms with Gasteiger partial charge < -0.3 is 4.74 Å². The van der Waals surface area contributed by atoms with Crippen LogP contribution in [0.5, 0.6) is 0 Å². The van der Waals surface area contributed by atoms with Gasteiger partial charge in [0, 0.05) is 23.2 Å². The Balaban J connectivity index is 2.99. The van der Waals surface area contributed by atoms with Gasteiger partial charge in [-0.3, -0.25) is 4.21 Å². The summed E-state index contributed by atoms with van der Waals surface area (Å²) >= 11 is 0. The lowest BCUT2D eigenvalue weighted by Gasteiger charge is -1.95. The van der Waals surface area contributed by atoms with Crippen LogP contribution in [0.2, 0.25) is 0 Å². The molecule has 0 aliphatic rings. The smallest absolute Gasteiger partial charge is 0.122 e. The van der Waals surface area contributed by atoms with E-state index in [1.165, 1.54) is 0 Å². The summed E-state index contributed by atoms with van der Waals surface area (Å²) in [6.45, 7) is 4.44. The van der Waals surface area contributed by atoms with Crippen LogP contribution in [0.25, 0.3) is 0 Å². The molecule has 0 saturated heterocycles. The molecule has 0 fully saturated rings. The summed E-state index contributed by atoms with van der Waals surface area (Å²) in [5, 5.41) is 0. The molecule has 2 nitrogen and oxygen atoms in total. The Labute approximate surface area is 52.7 Å². The quantitative estimate of drug-likeness (QED) is 0.570. The van der Waals surface area contributed by atoms with Gasteiger partial charge in [-0.25, -0.2) is 0 Å². The van der Waals surface area contributed by atoms with Crippen LogP contribution >= 0.6 is 0 Å². The van der Waals surface area contributed by atoms with E-state index in [0.717, 1.165) is 0 Å². The Hall–Kier alpha value is 0.110. The highest BCUT2D eigenvalue weighted by Gasteiger charge is 1.90. The molecule has 8 heavy (non-hydrogen) atoms. The van der Waals surface area contributed by atoms with Crippen LogP contribution in [-0.4, -0.2) is 22.5 Å². The van der Waals surface area contributed by atoms with E-state index < -0.39 is 10.8 Å². The van der Waals surface area contributed by atoms with Crippen LogP contribution in [0, 0.1) is 0 Å². The fraction of sp³-hybridized carbons (Fsp3) is 1.00. The van der Waals surface area contributed by atoms with Crippen molar-refractivity contribution in [3.8, 4) is 0 Å². The van der Waals surface area contributed by atoms with Crippen molar-refractivity contribution < 1.29 is 8.95 Å². The fourth-order valence-electron chi connectivity index (χ4n) is 0.260. The Kier molecular flexibility index (Phi) is 5.32. The van der Waals surface area contributed by atoms with E-state index in [0.29, 0.717) is 18.3 Å². The summed E-state index contributed by atoms with van der Waals surface area (Å²) in [5.41, 5.74) is 0. The molecule has 0 aliphatic carbocycles. The highest BCUT2D eigenvalue weighted by atomic mass is 32.2. The van der Waals surface area contributed by atoms with Gasteiger partial charge in [0.15, 0.2) is 0 Å². The van der Waals surface area contributed by atoms with Crippen LogP contribution in [0.3, 0.4) is 0 Å². The minimum absolute atomic E-state index is 0.396. The van der Waals surface area contributed by atoms with E-state index >= 15 is 0 Å². The second-order valence-electron chi connectivity index (χ2n) is 1.34. The average molecular weight is 136 g/mol. The monoisotopic (exact) mass is 136 g/mol. The summed E-state index contributed by atoms with van der Waals surface area (Å²) in [7, 11) is -0.749. The number of rotatable bonds is 4. The van der Waals surface area contributed by atoms with Crippen molar-refractivity contribution >= 4 is 10.8 Å². The molecular formula is C5H12O2S. The first kappa shape index (κ1) is 8.11. The van der Waals surface area contributed by atoms with Gasteiger partial charge in [-0.15, -0.1) is 0 Å². The van der Waals surface area contributed by atoms with Gasteiger partial charge in [0.25, 0.3) is 0 Å². The lowest BCUT2D eigenvalue weighted by Crippen LogP contribution is -2.03. The summed E-state index contributed by atoms with van der Waals surface area (Å²) in [6.07, 6.45) is 0. The van der Waals surface area contributed by atoms with Crippen molar-refractivity contribution in [3.05, 3.63) is 0 Å². The standard InChI is InChI=1S/C5H12O2S/c1-3-7-5-8(6)4-2/h3-5H2,1-2H3. The molecule has 3 heteroatoms. The van der Waals surface area contributed by atoms with Crippen LogP contribution in [0.15, 0.2) is 0 Å². The zero-order valence-corrected chi connectivity index (χ0v) is 6.16. The maximum atomic E-state index is 10.6. The minimum Gasteiger partial charge on any atom is -0.369 e. The molecule has 0 aromatic carbocycles. The summed E-state index contributed by atoms with van der Waals surface area (Å²) in [4.78, 5) is 0. The highest BCUT2D eigenvalue weighted by Crippen LogP contribution is 1.81. The van der Waals surface area contributed by atoms with Gasteiger partial charge in [-0.05, 0) is 6.92 Å². The third-order valence-electron chi connectivity index (χ3n) is 0.741. The topological polar surface area (TPSA) is 26.3 Å². The molecule has 1 unspecified atom stereocenters. The molecule has 0 bridgehead atoms. The predicted molar refractivity (Wildman–Crippen MR) is 35.2 cm³/mol. The van der Waals surface area contributed by atoms with E-state index in [2.05, 4.69) is 0 Å². The summed E-state index contributed by atoms with van der Waals surface area (Å²) in [6, 6.07) is 0. The molecule has 0 radical (unpaired) electrons. The van der Waals surface area contributed by atoms with Crippen molar-refractivity contribution in [2.45, 2.75) is 13.8 Å². The zero-order chi connectivity index (χ0) is 6.41. The highest BCUT2D eigenvalue weighted by molar-refractivity contribution is 7.84. The Morgan fingerprint density at radius 2 is 2.12 bits per heavy atom. The molecule has 0 aromatic rings. The van der Waals surface area contributed by atoms with E-state index in [1.807, 2.05) is 13.8 Å². The molecule has 0 spiro atoms. The maximum Gasteiger partial charge on any atom is 0.122 e. The van der Waals surface area contributed by atoms with Gasteiger partial charge in [0.2, 0.25) is 0 Å². The first-order chi connectivity index (χ1) is 3.81. The second-order valence-corrected chi connectivity index (χ2v) is 3.03. The Bertz CT molecular complexity index is 72.8. The average Bonchev–Trinajstić information content (AvgIpc) is 1.83. The van der Waals surface area contributed by atoms with Crippen molar-refractivity contribution in [3.63, 3.8) is 0 Å². The zero-order valence-electron chi connectivity index (χ0n) is 5.35. The molecule has 1 atom stereocenters. The maximum absolute atomic E-state index is 10.6. The molecule has 0 amide bonds. The molecule has 50 valence electrons. The van der Waals surface area contributed by atoms with Crippen LogP contribution in [-0.2, 0) is 15.5 Å². The number of hydrogen-bond acceptors (Lipinski definition) is 2. The van der Waals surface area contributed by atoms with Crippen LogP contribution in [0.4, 0.5) is 0 Å². The number of hydrogen-bond donors (Lipinski definition) is 0. The molecule has 0 aromatic heterocycles. The first-order valence-electron chi connectivity index (χ1n) is 2.74. The fourth-order valence-corrected chi connectivity index (χ4v) is 0.779. The van der Waals surface area contributed by atoms with E-state index in [-0.39, 0.29) is 0 Å². The van der Waals surface area contributed by atoms with Crippen LogP contribution < -0.4 is 0 Å². The third kappa shape index (κ3) is 4.27. The molecule has 0 saturated carbocycles. The molecule has 0 rings (SSSR count). The SMILES string of the molecule is CCOCS(=O)CC. The van der Waals surface area contributed by atoms with Gasteiger partial charge in [-0.2, -0.15) is 0 Å². The van der Waals surface area contributed by atoms with Crippen molar-refractivity contribution in [1.82, 2.24) is 0 Å². The number of ether oxygens (including phenoxy) is 1. The van der Waals surface area contributed by atoms with Crippen LogP contribution in [0.1, 0.15) is 13.8 Å². The normalized spacial score (nSPS) is 13.8. The molecular weight excluding hydrogens is 124 g/mol. The second kappa shape index (κ2) is 5.25. The van der Waals surface area contributed by atoms with Gasteiger partial charge in [0.05, 0.1) is 0 Å².